The maximum absolute atomic E-state index is 12.4. The largest absolute Gasteiger partial charge is 0.350 e. The summed E-state index contributed by atoms with van der Waals surface area (Å²) in [5, 5.41) is 6.56. The molecule has 0 aliphatic carbocycles. The Bertz CT molecular complexity index is 285. The molecule has 0 saturated carbocycles. The quantitative estimate of drug-likeness (QED) is 0.740. The molecule has 0 aromatic heterocycles. The van der Waals surface area contributed by atoms with Crippen LogP contribution >= 0.6 is 0 Å². The monoisotopic (exact) mass is 269 g/mol. The van der Waals surface area contributed by atoms with Gasteiger partial charge in [0.1, 0.15) is 0 Å². The van der Waals surface area contributed by atoms with Crippen molar-refractivity contribution in [3.8, 4) is 0 Å². The van der Waals surface area contributed by atoms with Gasteiger partial charge in [-0.1, -0.05) is 13.8 Å². The van der Waals surface area contributed by atoms with Gasteiger partial charge >= 0.3 is 0 Å². The van der Waals surface area contributed by atoms with E-state index in [0.717, 1.165) is 38.9 Å². The van der Waals surface area contributed by atoms with Gasteiger partial charge in [0.05, 0.1) is 6.04 Å². The third-order valence-electron chi connectivity index (χ3n) is 4.21. The molecule has 2 N–H and O–H groups in total. The van der Waals surface area contributed by atoms with Crippen LogP contribution in [-0.2, 0) is 4.79 Å². The van der Waals surface area contributed by atoms with E-state index in [1.807, 2.05) is 6.92 Å². The van der Waals surface area contributed by atoms with Gasteiger partial charge < -0.3 is 10.6 Å². The van der Waals surface area contributed by atoms with E-state index < -0.39 is 0 Å². The van der Waals surface area contributed by atoms with Crippen molar-refractivity contribution in [2.24, 2.45) is 0 Å². The number of rotatable bonds is 7. The van der Waals surface area contributed by atoms with Gasteiger partial charge in [-0.15, -0.1) is 0 Å². The second kappa shape index (κ2) is 7.25. The van der Waals surface area contributed by atoms with Gasteiger partial charge in [0.25, 0.3) is 0 Å². The molecule has 0 bridgehead atoms. The first-order valence-electron chi connectivity index (χ1n) is 7.69. The van der Waals surface area contributed by atoms with Gasteiger partial charge in [-0.2, -0.15) is 0 Å². The molecule has 1 rings (SSSR count). The summed E-state index contributed by atoms with van der Waals surface area (Å²) in [6, 6.07) is 0.459. The summed E-state index contributed by atoms with van der Waals surface area (Å²) in [7, 11) is 0. The van der Waals surface area contributed by atoms with Crippen LogP contribution in [0.3, 0.4) is 0 Å². The van der Waals surface area contributed by atoms with Crippen LogP contribution in [0, 0.1) is 0 Å². The third-order valence-corrected chi connectivity index (χ3v) is 4.21. The van der Waals surface area contributed by atoms with Crippen LogP contribution in [0.5, 0.6) is 0 Å². The number of amides is 1. The summed E-state index contributed by atoms with van der Waals surface area (Å²) < 4.78 is 0. The lowest BCUT2D eigenvalue weighted by molar-refractivity contribution is -0.128. The van der Waals surface area contributed by atoms with E-state index in [-0.39, 0.29) is 17.5 Å². The second-order valence-electron chi connectivity index (χ2n) is 6.29. The molecule has 4 heteroatoms. The van der Waals surface area contributed by atoms with Crippen molar-refractivity contribution in [2.75, 3.05) is 19.6 Å². The van der Waals surface area contributed by atoms with Crippen LogP contribution in [0.4, 0.5) is 0 Å². The first-order valence-corrected chi connectivity index (χ1v) is 7.69. The van der Waals surface area contributed by atoms with Gasteiger partial charge in [-0.3, -0.25) is 9.69 Å². The van der Waals surface area contributed by atoms with Crippen molar-refractivity contribution in [2.45, 2.75) is 71.5 Å². The molecule has 1 heterocycles. The van der Waals surface area contributed by atoms with Gasteiger partial charge in [0.2, 0.25) is 5.91 Å². The zero-order valence-electron chi connectivity index (χ0n) is 13.3. The van der Waals surface area contributed by atoms with Crippen LogP contribution in [0.25, 0.3) is 0 Å². The topological polar surface area (TPSA) is 44.4 Å². The van der Waals surface area contributed by atoms with E-state index in [1.165, 1.54) is 0 Å². The van der Waals surface area contributed by atoms with Crippen molar-refractivity contribution in [1.82, 2.24) is 15.5 Å². The number of hydrogen-bond donors (Lipinski definition) is 2. The average Bonchev–Trinajstić information content (AvgIpc) is 2.88. The van der Waals surface area contributed by atoms with E-state index in [0.29, 0.717) is 6.04 Å². The molecule has 2 unspecified atom stereocenters. The molecule has 0 spiro atoms. The molecule has 4 nitrogen and oxygen atoms in total. The van der Waals surface area contributed by atoms with Crippen molar-refractivity contribution in [3.63, 3.8) is 0 Å². The van der Waals surface area contributed by atoms with E-state index in [2.05, 4.69) is 43.2 Å². The maximum Gasteiger partial charge on any atom is 0.237 e. The van der Waals surface area contributed by atoms with Crippen LogP contribution in [-0.4, -0.2) is 48.1 Å². The normalized spacial score (nSPS) is 21.7. The predicted molar refractivity (Wildman–Crippen MR) is 80.2 cm³/mol. The van der Waals surface area contributed by atoms with E-state index in [9.17, 15) is 4.79 Å². The summed E-state index contributed by atoms with van der Waals surface area (Å²) in [5.41, 5.74) is -0.114. The smallest absolute Gasteiger partial charge is 0.237 e. The number of nitrogens with one attached hydrogen (secondary N) is 2. The Morgan fingerprint density at radius 3 is 2.63 bits per heavy atom. The fraction of sp³-hybridized carbons (Fsp3) is 0.933. The standard InChI is InChI=1S/C15H31N3O/c1-6-10-18(13-8-9-16-11-13)12(3)14(19)17-15(4,5)7-2/h12-13,16H,6-11H2,1-5H3,(H,17,19). The van der Waals surface area contributed by atoms with Crippen molar-refractivity contribution >= 4 is 5.91 Å². The van der Waals surface area contributed by atoms with E-state index in [4.69, 9.17) is 0 Å². The summed E-state index contributed by atoms with van der Waals surface area (Å²) in [6.07, 6.45) is 3.18. The number of hydrogen-bond acceptors (Lipinski definition) is 3. The molecule has 1 fully saturated rings. The third kappa shape index (κ3) is 4.77. The van der Waals surface area contributed by atoms with Crippen molar-refractivity contribution in [3.05, 3.63) is 0 Å². The van der Waals surface area contributed by atoms with Crippen LogP contribution in [0.1, 0.15) is 53.9 Å². The Morgan fingerprint density at radius 2 is 2.16 bits per heavy atom. The highest BCUT2D eigenvalue weighted by molar-refractivity contribution is 5.82. The molecule has 1 saturated heterocycles. The molecule has 0 aromatic carbocycles. The Labute approximate surface area is 118 Å². The van der Waals surface area contributed by atoms with E-state index in [1.54, 1.807) is 0 Å². The lowest BCUT2D eigenvalue weighted by Gasteiger charge is -2.35. The average molecular weight is 269 g/mol. The predicted octanol–water partition coefficient (Wildman–Crippen LogP) is 1.75. The molecule has 112 valence electrons. The molecule has 19 heavy (non-hydrogen) atoms. The Morgan fingerprint density at radius 1 is 1.47 bits per heavy atom. The molecular formula is C15H31N3O. The fourth-order valence-electron chi connectivity index (χ4n) is 2.55. The molecule has 1 aliphatic rings. The van der Waals surface area contributed by atoms with Crippen molar-refractivity contribution in [1.29, 1.82) is 0 Å². The summed E-state index contributed by atoms with van der Waals surface area (Å²) in [6.45, 7) is 13.6. The summed E-state index contributed by atoms with van der Waals surface area (Å²) >= 11 is 0. The number of carbonyl (C=O) groups is 1. The summed E-state index contributed by atoms with van der Waals surface area (Å²) in [4.78, 5) is 14.8. The minimum atomic E-state index is -0.114. The number of carbonyl (C=O) groups excluding carboxylic acids is 1. The lowest BCUT2D eigenvalue weighted by atomic mass is 10.0. The van der Waals surface area contributed by atoms with Crippen LogP contribution in [0.15, 0.2) is 0 Å². The first-order chi connectivity index (χ1) is 8.91. The van der Waals surface area contributed by atoms with E-state index >= 15 is 0 Å². The zero-order valence-corrected chi connectivity index (χ0v) is 13.3. The highest BCUT2D eigenvalue weighted by Crippen LogP contribution is 2.15. The molecule has 2 atom stereocenters. The molecule has 0 aromatic rings. The molecule has 1 aliphatic heterocycles. The summed E-state index contributed by atoms with van der Waals surface area (Å²) in [5.74, 6) is 0.159. The van der Waals surface area contributed by atoms with Gasteiger partial charge in [0.15, 0.2) is 0 Å². The minimum absolute atomic E-state index is 0.0457. The Hall–Kier alpha value is -0.610. The van der Waals surface area contributed by atoms with Crippen LogP contribution in [0.2, 0.25) is 0 Å². The van der Waals surface area contributed by atoms with Gasteiger partial charge in [-0.25, -0.2) is 0 Å². The number of nitrogens with zero attached hydrogens (tertiary/aromatic N) is 1. The van der Waals surface area contributed by atoms with Gasteiger partial charge in [0, 0.05) is 18.1 Å². The molecule has 0 radical (unpaired) electrons. The Balaban J connectivity index is 2.64. The van der Waals surface area contributed by atoms with Gasteiger partial charge in [-0.05, 0) is 53.1 Å². The Kier molecular flexibility index (Phi) is 6.27. The van der Waals surface area contributed by atoms with Crippen LogP contribution < -0.4 is 10.6 Å². The van der Waals surface area contributed by atoms with Crippen molar-refractivity contribution < 1.29 is 4.79 Å². The first kappa shape index (κ1) is 16.4. The second-order valence-corrected chi connectivity index (χ2v) is 6.29. The zero-order chi connectivity index (χ0) is 14.5. The molecular weight excluding hydrogens is 238 g/mol. The highest BCUT2D eigenvalue weighted by atomic mass is 16.2. The fourth-order valence-corrected chi connectivity index (χ4v) is 2.55. The molecule has 1 amide bonds. The highest BCUT2D eigenvalue weighted by Gasteiger charge is 2.31. The minimum Gasteiger partial charge on any atom is -0.350 e. The SMILES string of the molecule is CCCN(C1CCNC1)C(C)C(=O)NC(C)(C)CC. The lowest BCUT2D eigenvalue weighted by Crippen LogP contribution is -2.54. The maximum atomic E-state index is 12.4.